The molecule has 0 aliphatic heterocycles. The maximum atomic E-state index is 11.5. The van der Waals surface area contributed by atoms with Crippen molar-refractivity contribution in [3.8, 4) is 0 Å². The summed E-state index contributed by atoms with van der Waals surface area (Å²) in [5.41, 5.74) is 0.150. The van der Waals surface area contributed by atoms with Gasteiger partial charge >= 0.3 is 0 Å². The number of nitrogens with zero attached hydrogens (tertiary/aromatic N) is 1. The highest BCUT2D eigenvalue weighted by Gasteiger charge is 2.22. The van der Waals surface area contributed by atoms with Crippen LogP contribution < -0.4 is 10.5 Å². The first-order chi connectivity index (χ1) is 10.3. The summed E-state index contributed by atoms with van der Waals surface area (Å²) < 4.78 is 23.0. The Morgan fingerprint density at radius 3 is 2.68 bits per heavy atom. The molecule has 122 valence electrons. The Morgan fingerprint density at radius 2 is 2.09 bits per heavy atom. The molecule has 1 fully saturated rings. The summed E-state index contributed by atoms with van der Waals surface area (Å²) in [5, 5.41) is 19.3. The van der Waals surface area contributed by atoms with Gasteiger partial charge in [-0.15, -0.1) is 0 Å². The minimum absolute atomic E-state index is 0.203. The Bertz CT molecular complexity index is 660. The Kier molecular flexibility index (Phi) is 5.02. The Morgan fingerprint density at radius 1 is 1.36 bits per heavy atom. The molecule has 2 atom stereocenters. The predicted molar refractivity (Wildman–Crippen MR) is 84.1 cm³/mol. The second-order valence-electron chi connectivity index (χ2n) is 5.80. The molecule has 7 nitrogen and oxygen atoms in total. The van der Waals surface area contributed by atoms with Crippen LogP contribution in [0.4, 0.5) is 11.4 Å². The van der Waals surface area contributed by atoms with Gasteiger partial charge in [-0.1, -0.05) is 26.2 Å². The van der Waals surface area contributed by atoms with E-state index >= 15 is 0 Å². The largest absolute Gasteiger partial charge is 0.382 e. The second-order valence-corrected chi connectivity index (χ2v) is 7.36. The normalized spacial score (nSPS) is 22.3. The molecule has 8 heteroatoms. The second kappa shape index (κ2) is 6.62. The molecular weight excluding hydrogens is 306 g/mol. The number of benzene rings is 1. The molecule has 0 radical (unpaired) electrons. The monoisotopic (exact) mass is 327 g/mol. The number of sulfonamides is 1. The van der Waals surface area contributed by atoms with Crippen LogP contribution in [0.15, 0.2) is 23.1 Å². The lowest BCUT2D eigenvalue weighted by molar-refractivity contribution is -0.385. The van der Waals surface area contributed by atoms with E-state index < -0.39 is 14.9 Å². The number of nitrogens with two attached hydrogens (primary N) is 1. The highest BCUT2D eigenvalue weighted by Crippen LogP contribution is 2.30. The van der Waals surface area contributed by atoms with E-state index in [-0.39, 0.29) is 16.6 Å². The van der Waals surface area contributed by atoms with Crippen LogP contribution in [0.2, 0.25) is 0 Å². The number of nitrogens with one attached hydrogen (secondary N) is 1. The van der Waals surface area contributed by atoms with E-state index in [0.29, 0.717) is 11.6 Å². The minimum Gasteiger partial charge on any atom is -0.382 e. The van der Waals surface area contributed by atoms with Crippen LogP contribution in [-0.2, 0) is 10.0 Å². The average molecular weight is 327 g/mol. The fourth-order valence-corrected chi connectivity index (χ4v) is 3.54. The van der Waals surface area contributed by atoms with Crippen molar-refractivity contribution >= 4 is 21.4 Å². The van der Waals surface area contributed by atoms with Crippen molar-refractivity contribution in [2.75, 3.05) is 5.32 Å². The van der Waals surface area contributed by atoms with Gasteiger partial charge in [0, 0.05) is 23.9 Å². The fourth-order valence-electron chi connectivity index (χ4n) is 2.96. The van der Waals surface area contributed by atoms with E-state index in [1.807, 2.05) is 0 Å². The zero-order chi connectivity index (χ0) is 16.3. The Balaban J connectivity index is 2.26. The van der Waals surface area contributed by atoms with Crippen molar-refractivity contribution in [2.45, 2.75) is 50.0 Å². The van der Waals surface area contributed by atoms with Crippen molar-refractivity contribution in [3.63, 3.8) is 0 Å². The first-order valence-corrected chi connectivity index (χ1v) is 8.93. The molecule has 1 aromatic rings. The number of hydrogen-bond donors (Lipinski definition) is 2. The standard InChI is InChI=1S/C14H21N3O4S/c1-2-10-4-3-5-11(6-10)16-12-7-13(17(18)19)9-14(8-12)22(15,20)21/h7-11,16H,2-6H2,1H3,(H2,15,20,21). The van der Waals surface area contributed by atoms with Gasteiger partial charge in [-0.3, -0.25) is 10.1 Å². The van der Waals surface area contributed by atoms with Crippen LogP contribution in [0, 0.1) is 16.0 Å². The Hall–Kier alpha value is -1.67. The molecule has 0 bridgehead atoms. The summed E-state index contributed by atoms with van der Waals surface area (Å²) in [6.07, 6.45) is 5.38. The summed E-state index contributed by atoms with van der Waals surface area (Å²) in [7, 11) is -3.98. The number of primary sulfonamides is 1. The molecule has 3 N–H and O–H groups in total. The summed E-state index contributed by atoms with van der Waals surface area (Å²) in [4.78, 5) is 10.1. The Labute approximate surface area is 130 Å². The lowest BCUT2D eigenvalue weighted by Gasteiger charge is -2.29. The van der Waals surface area contributed by atoms with E-state index in [1.165, 1.54) is 18.6 Å². The van der Waals surface area contributed by atoms with Crippen LogP contribution in [0.5, 0.6) is 0 Å². The molecule has 1 aliphatic rings. The number of anilines is 1. The van der Waals surface area contributed by atoms with Gasteiger partial charge in [0.2, 0.25) is 10.0 Å². The van der Waals surface area contributed by atoms with Gasteiger partial charge in [0.1, 0.15) is 0 Å². The quantitative estimate of drug-likeness (QED) is 0.637. The van der Waals surface area contributed by atoms with E-state index in [9.17, 15) is 18.5 Å². The number of nitro benzene ring substituents is 1. The fraction of sp³-hybridized carbons (Fsp3) is 0.571. The summed E-state index contributed by atoms with van der Waals surface area (Å²) in [6.45, 7) is 2.15. The molecule has 0 saturated heterocycles. The van der Waals surface area contributed by atoms with Crippen LogP contribution in [0.3, 0.4) is 0 Å². The first-order valence-electron chi connectivity index (χ1n) is 7.38. The smallest absolute Gasteiger partial charge is 0.272 e. The summed E-state index contributed by atoms with van der Waals surface area (Å²) in [6, 6.07) is 3.90. The molecule has 0 heterocycles. The van der Waals surface area contributed by atoms with Crippen molar-refractivity contribution in [2.24, 2.45) is 11.1 Å². The van der Waals surface area contributed by atoms with Crippen molar-refractivity contribution < 1.29 is 13.3 Å². The van der Waals surface area contributed by atoms with E-state index in [1.54, 1.807) is 0 Å². The van der Waals surface area contributed by atoms with Gasteiger partial charge in [0.25, 0.3) is 5.69 Å². The van der Waals surface area contributed by atoms with Crippen molar-refractivity contribution in [1.29, 1.82) is 0 Å². The molecule has 22 heavy (non-hydrogen) atoms. The maximum Gasteiger partial charge on any atom is 0.272 e. The van der Waals surface area contributed by atoms with Crippen molar-refractivity contribution in [3.05, 3.63) is 28.3 Å². The third-order valence-corrected chi connectivity index (χ3v) is 5.05. The third kappa shape index (κ3) is 4.17. The zero-order valence-electron chi connectivity index (χ0n) is 12.5. The van der Waals surface area contributed by atoms with E-state index in [2.05, 4.69) is 12.2 Å². The number of nitro groups is 1. The summed E-state index contributed by atoms with van der Waals surface area (Å²) >= 11 is 0. The van der Waals surface area contributed by atoms with E-state index in [0.717, 1.165) is 31.7 Å². The lowest BCUT2D eigenvalue weighted by atomic mass is 9.84. The molecule has 1 aliphatic carbocycles. The van der Waals surface area contributed by atoms with Crippen LogP contribution in [0.1, 0.15) is 39.0 Å². The summed E-state index contributed by atoms with van der Waals surface area (Å²) in [5.74, 6) is 0.641. The van der Waals surface area contributed by atoms with Gasteiger partial charge in [0.15, 0.2) is 0 Å². The average Bonchev–Trinajstić information content (AvgIpc) is 2.46. The van der Waals surface area contributed by atoms with Gasteiger partial charge in [0.05, 0.1) is 9.82 Å². The topological polar surface area (TPSA) is 115 Å². The predicted octanol–water partition coefficient (Wildman–Crippen LogP) is 2.62. The maximum absolute atomic E-state index is 11.5. The molecule has 2 unspecified atom stereocenters. The number of rotatable bonds is 5. The molecule has 0 aromatic heterocycles. The number of hydrogen-bond acceptors (Lipinski definition) is 5. The highest BCUT2D eigenvalue weighted by atomic mass is 32.2. The molecule has 0 spiro atoms. The first kappa shape index (κ1) is 16.7. The molecular formula is C14H21N3O4S. The highest BCUT2D eigenvalue weighted by molar-refractivity contribution is 7.89. The molecule has 2 rings (SSSR count). The van der Waals surface area contributed by atoms with Crippen LogP contribution >= 0.6 is 0 Å². The van der Waals surface area contributed by atoms with Crippen LogP contribution in [0.25, 0.3) is 0 Å². The lowest BCUT2D eigenvalue weighted by Crippen LogP contribution is -2.27. The SMILES string of the molecule is CCC1CCCC(Nc2cc([N+](=O)[O-])cc(S(N)(=O)=O)c2)C1. The molecule has 1 saturated carbocycles. The third-order valence-electron chi connectivity index (χ3n) is 4.16. The number of non-ortho nitro benzene ring substituents is 1. The van der Waals surface area contributed by atoms with E-state index in [4.69, 9.17) is 5.14 Å². The van der Waals surface area contributed by atoms with Gasteiger partial charge in [-0.05, 0) is 24.8 Å². The van der Waals surface area contributed by atoms with Gasteiger partial charge < -0.3 is 5.32 Å². The van der Waals surface area contributed by atoms with Crippen LogP contribution in [-0.4, -0.2) is 19.4 Å². The van der Waals surface area contributed by atoms with Crippen molar-refractivity contribution in [1.82, 2.24) is 0 Å². The molecule has 1 aromatic carbocycles. The minimum atomic E-state index is -3.98. The van der Waals surface area contributed by atoms with Gasteiger partial charge in [-0.2, -0.15) is 0 Å². The van der Waals surface area contributed by atoms with Gasteiger partial charge in [-0.25, -0.2) is 13.6 Å². The zero-order valence-corrected chi connectivity index (χ0v) is 13.3. The molecule has 0 amide bonds.